The van der Waals surface area contributed by atoms with Crippen molar-refractivity contribution >= 4 is 22.9 Å². The van der Waals surface area contributed by atoms with E-state index in [2.05, 4.69) is 18.3 Å². The van der Waals surface area contributed by atoms with Crippen molar-refractivity contribution < 1.29 is 0 Å². The zero-order valence-corrected chi connectivity index (χ0v) is 11.4. The van der Waals surface area contributed by atoms with Gasteiger partial charge in [-0.05, 0) is 24.8 Å². The first-order valence-electron chi connectivity index (χ1n) is 6.24. The summed E-state index contributed by atoms with van der Waals surface area (Å²) in [7, 11) is 0. The van der Waals surface area contributed by atoms with E-state index in [1.165, 1.54) is 37.0 Å². The van der Waals surface area contributed by atoms with Crippen LogP contribution in [0.3, 0.4) is 0 Å². The zero-order valence-electron chi connectivity index (χ0n) is 9.84. The molecule has 2 rings (SSSR count). The van der Waals surface area contributed by atoms with Crippen LogP contribution in [0, 0.1) is 5.92 Å². The van der Waals surface area contributed by atoms with Crippen LogP contribution >= 0.6 is 22.9 Å². The standard InChI is InChI=1S/C13H20ClNS/c1-2-10-4-3-5-12(6-10)15-8-13-7-11(14)9-16-13/h7,9-10,12,15H,2-6,8H2,1H3. The Morgan fingerprint density at radius 1 is 1.50 bits per heavy atom. The number of thiophene rings is 1. The summed E-state index contributed by atoms with van der Waals surface area (Å²) < 4.78 is 0. The fourth-order valence-corrected chi connectivity index (χ4v) is 3.56. The molecule has 1 N–H and O–H groups in total. The molecule has 1 aliphatic rings. The van der Waals surface area contributed by atoms with E-state index < -0.39 is 0 Å². The van der Waals surface area contributed by atoms with Gasteiger partial charge in [-0.3, -0.25) is 0 Å². The topological polar surface area (TPSA) is 12.0 Å². The molecule has 16 heavy (non-hydrogen) atoms. The van der Waals surface area contributed by atoms with Gasteiger partial charge in [-0.1, -0.05) is 37.8 Å². The lowest BCUT2D eigenvalue weighted by molar-refractivity contribution is 0.279. The maximum absolute atomic E-state index is 5.91. The molecular weight excluding hydrogens is 238 g/mol. The Bertz CT molecular complexity index is 323. The largest absolute Gasteiger partial charge is 0.309 e. The van der Waals surface area contributed by atoms with Gasteiger partial charge in [-0.25, -0.2) is 0 Å². The number of halogens is 1. The number of rotatable bonds is 4. The second kappa shape index (κ2) is 6.04. The SMILES string of the molecule is CCC1CCCC(NCc2cc(Cl)cs2)C1. The molecule has 1 nitrogen and oxygen atoms in total. The molecule has 0 spiro atoms. The Kier molecular flexibility index (Phi) is 4.68. The summed E-state index contributed by atoms with van der Waals surface area (Å²) in [5, 5.41) is 6.55. The van der Waals surface area contributed by atoms with Crippen LogP contribution in [0.1, 0.15) is 43.9 Å². The van der Waals surface area contributed by atoms with E-state index in [1.54, 1.807) is 11.3 Å². The smallest absolute Gasteiger partial charge is 0.0516 e. The average molecular weight is 258 g/mol. The minimum Gasteiger partial charge on any atom is -0.309 e. The van der Waals surface area contributed by atoms with Crippen LogP contribution in [-0.2, 0) is 6.54 Å². The monoisotopic (exact) mass is 257 g/mol. The second-order valence-electron chi connectivity index (χ2n) is 4.75. The molecule has 0 radical (unpaired) electrons. The summed E-state index contributed by atoms with van der Waals surface area (Å²) in [6.07, 6.45) is 6.86. The maximum atomic E-state index is 5.91. The first kappa shape index (κ1) is 12.4. The minimum absolute atomic E-state index is 0.722. The highest BCUT2D eigenvalue weighted by Crippen LogP contribution is 2.27. The molecule has 90 valence electrons. The Morgan fingerprint density at radius 2 is 2.38 bits per heavy atom. The molecule has 2 atom stereocenters. The Hall–Kier alpha value is -0.0500. The molecule has 1 aromatic heterocycles. The van der Waals surface area contributed by atoms with Crippen LogP contribution in [0.4, 0.5) is 0 Å². The van der Waals surface area contributed by atoms with Gasteiger partial charge in [0.05, 0.1) is 5.02 Å². The van der Waals surface area contributed by atoms with E-state index in [0.29, 0.717) is 0 Å². The normalized spacial score (nSPS) is 25.9. The molecule has 1 aromatic rings. The molecule has 3 heteroatoms. The van der Waals surface area contributed by atoms with Gasteiger partial charge in [-0.2, -0.15) is 0 Å². The van der Waals surface area contributed by atoms with Crippen molar-refractivity contribution in [2.75, 3.05) is 0 Å². The summed E-state index contributed by atoms with van der Waals surface area (Å²) in [6.45, 7) is 3.30. The first-order valence-corrected chi connectivity index (χ1v) is 7.50. The highest BCUT2D eigenvalue weighted by atomic mass is 35.5. The van der Waals surface area contributed by atoms with Crippen molar-refractivity contribution in [3.63, 3.8) is 0 Å². The number of hydrogen-bond acceptors (Lipinski definition) is 2. The minimum atomic E-state index is 0.722. The van der Waals surface area contributed by atoms with Gasteiger partial charge >= 0.3 is 0 Å². The van der Waals surface area contributed by atoms with Crippen molar-refractivity contribution in [2.45, 2.75) is 51.6 Å². The van der Waals surface area contributed by atoms with Crippen LogP contribution in [0.2, 0.25) is 5.02 Å². The molecule has 1 saturated carbocycles. The summed E-state index contributed by atoms with van der Waals surface area (Å²) >= 11 is 7.66. The summed E-state index contributed by atoms with van der Waals surface area (Å²) in [6, 6.07) is 2.79. The molecule has 0 aliphatic heterocycles. The molecule has 0 aromatic carbocycles. The van der Waals surface area contributed by atoms with Gasteiger partial charge in [0.1, 0.15) is 0 Å². The van der Waals surface area contributed by atoms with Crippen LogP contribution in [-0.4, -0.2) is 6.04 Å². The highest BCUT2D eigenvalue weighted by molar-refractivity contribution is 7.10. The fourth-order valence-electron chi connectivity index (χ4n) is 2.54. The molecule has 0 saturated heterocycles. The van der Waals surface area contributed by atoms with E-state index >= 15 is 0 Å². The van der Waals surface area contributed by atoms with Gasteiger partial charge in [0.25, 0.3) is 0 Å². The lowest BCUT2D eigenvalue weighted by Gasteiger charge is -2.29. The van der Waals surface area contributed by atoms with E-state index in [4.69, 9.17) is 11.6 Å². The molecule has 0 amide bonds. The molecule has 0 bridgehead atoms. The number of nitrogens with one attached hydrogen (secondary N) is 1. The van der Waals surface area contributed by atoms with Crippen LogP contribution in [0.15, 0.2) is 11.4 Å². The van der Waals surface area contributed by atoms with Crippen molar-refractivity contribution in [2.24, 2.45) is 5.92 Å². The molecular formula is C13H20ClNS. The number of hydrogen-bond donors (Lipinski definition) is 1. The fraction of sp³-hybridized carbons (Fsp3) is 0.692. The van der Waals surface area contributed by atoms with Gasteiger partial charge < -0.3 is 5.32 Å². The third-order valence-corrected chi connectivity index (χ3v) is 4.83. The Labute approximate surface area is 107 Å². The van der Waals surface area contributed by atoms with E-state index in [-0.39, 0.29) is 0 Å². The second-order valence-corrected chi connectivity index (χ2v) is 6.18. The van der Waals surface area contributed by atoms with Crippen LogP contribution in [0.25, 0.3) is 0 Å². The quantitative estimate of drug-likeness (QED) is 0.840. The maximum Gasteiger partial charge on any atom is 0.0516 e. The van der Waals surface area contributed by atoms with Crippen LogP contribution in [0.5, 0.6) is 0 Å². The molecule has 1 heterocycles. The zero-order chi connectivity index (χ0) is 11.4. The van der Waals surface area contributed by atoms with E-state index in [0.717, 1.165) is 23.5 Å². The lowest BCUT2D eigenvalue weighted by atomic mass is 9.84. The van der Waals surface area contributed by atoms with Gasteiger partial charge in [0.2, 0.25) is 0 Å². The van der Waals surface area contributed by atoms with Crippen molar-refractivity contribution in [1.82, 2.24) is 5.32 Å². The van der Waals surface area contributed by atoms with Crippen molar-refractivity contribution in [3.8, 4) is 0 Å². The Balaban J connectivity index is 1.77. The average Bonchev–Trinajstić information content (AvgIpc) is 2.73. The molecule has 1 aliphatic carbocycles. The predicted molar refractivity (Wildman–Crippen MR) is 72.2 cm³/mol. The van der Waals surface area contributed by atoms with Crippen molar-refractivity contribution in [3.05, 3.63) is 21.3 Å². The summed E-state index contributed by atoms with van der Waals surface area (Å²) in [4.78, 5) is 1.35. The summed E-state index contributed by atoms with van der Waals surface area (Å²) in [5.74, 6) is 0.943. The molecule has 1 fully saturated rings. The van der Waals surface area contributed by atoms with E-state index in [1.807, 2.05) is 5.38 Å². The van der Waals surface area contributed by atoms with Crippen LogP contribution < -0.4 is 5.32 Å². The highest BCUT2D eigenvalue weighted by Gasteiger charge is 2.20. The predicted octanol–water partition coefficient (Wildman–Crippen LogP) is 4.46. The summed E-state index contributed by atoms with van der Waals surface area (Å²) in [5.41, 5.74) is 0. The van der Waals surface area contributed by atoms with Gasteiger partial charge in [0, 0.05) is 22.8 Å². The van der Waals surface area contributed by atoms with E-state index in [9.17, 15) is 0 Å². The molecule has 2 unspecified atom stereocenters. The third-order valence-electron chi connectivity index (χ3n) is 3.55. The first-order chi connectivity index (χ1) is 7.78. The van der Waals surface area contributed by atoms with Gasteiger partial charge in [-0.15, -0.1) is 11.3 Å². The third kappa shape index (κ3) is 3.47. The lowest BCUT2D eigenvalue weighted by Crippen LogP contribution is -2.33. The van der Waals surface area contributed by atoms with Crippen molar-refractivity contribution in [1.29, 1.82) is 0 Å². The van der Waals surface area contributed by atoms with Gasteiger partial charge in [0.15, 0.2) is 0 Å². The Morgan fingerprint density at radius 3 is 3.06 bits per heavy atom.